The Kier molecular flexibility index (Phi) is 5.28. The monoisotopic (exact) mass is 408 g/mol. The predicted octanol–water partition coefficient (Wildman–Crippen LogP) is 4.53. The summed E-state index contributed by atoms with van der Waals surface area (Å²) >= 11 is 0. The first-order chi connectivity index (χ1) is 13.9. The van der Waals surface area contributed by atoms with Crippen LogP contribution in [0.15, 0.2) is 71.9 Å². The highest BCUT2D eigenvalue weighted by Crippen LogP contribution is 2.36. The average Bonchev–Trinajstić information content (AvgIpc) is 3.17. The van der Waals surface area contributed by atoms with E-state index in [1.54, 1.807) is 36.7 Å². The molecule has 0 saturated carbocycles. The van der Waals surface area contributed by atoms with Crippen molar-refractivity contribution in [1.29, 1.82) is 0 Å². The van der Waals surface area contributed by atoms with E-state index in [1.165, 1.54) is 4.31 Å². The lowest BCUT2D eigenvalue weighted by atomic mass is 10.0. The minimum Gasteiger partial charge on any atom is -0.493 e. The van der Waals surface area contributed by atoms with E-state index in [1.807, 2.05) is 24.3 Å². The lowest BCUT2D eigenvalue weighted by molar-refractivity contribution is 0.271. The molecular weight excluding hydrogens is 384 g/mol. The first-order valence-corrected chi connectivity index (χ1v) is 11.2. The highest BCUT2D eigenvalue weighted by Gasteiger charge is 2.31. The number of rotatable bonds is 6. The number of anilines is 1. The Morgan fingerprint density at radius 1 is 1.00 bits per heavy atom. The van der Waals surface area contributed by atoms with Gasteiger partial charge in [0.1, 0.15) is 5.75 Å². The molecule has 4 rings (SSSR count). The lowest BCUT2D eigenvalue weighted by Gasteiger charge is -2.20. The molecule has 29 heavy (non-hydrogen) atoms. The second kappa shape index (κ2) is 7.87. The molecule has 0 amide bonds. The molecule has 0 N–H and O–H groups in total. The van der Waals surface area contributed by atoms with Gasteiger partial charge in [-0.05, 0) is 77.6 Å². The molecule has 0 bridgehead atoms. The van der Waals surface area contributed by atoms with Crippen LogP contribution in [0, 0.1) is 5.92 Å². The Bertz CT molecular complexity index is 1090. The van der Waals surface area contributed by atoms with Crippen LogP contribution < -0.4 is 9.04 Å². The second-order valence-corrected chi connectivity index (χ2v) is 9.45. The molecule has 2 aromatic carbocycles. The van der Waals surface area contributed by atoms with Gasteiger partial charge in [-0.2, -0.15) is 0 Å². The van der Waals surface area contributed by atoms with Gasteiger partial charge in [0, 0.05) is 18.9 Å². The Morgan fingerprint density at radius 2 is 1.72 bits per heavy atom. The van der Waals surface area contributed by atoms with E-state index in [0.717, 1.165) is 22.4 Å². The Balaban J connectivity index is 1.58. The minimum absolute atomic E-state index is 0.278. The third kappa shape index (κ3) is 3.98. The van der Waals surface area contributed by atoms with Crippen molar-refractivity contribution in [3.05, 3.63) is 72.6 Å². The first-order valence-electron chi connectivity index (χ1n) is 9.74. The Labute approximate surface area is 172 Å². The predicted molar refractivity (Wildman–Crippen MR) is 115 cm³/mol. The summed E-state index contributed by atoms with van der Waals surface area (Å²) in [5, 5.41) is 0. The fourth-order valence-corrected chi connectivity index (χ4v) is 4.95. The quantitative estimate of drug-likeness (QED) is 0.601. The Hall–Kier alpha value is -2.86. The third-order valence-electron chi connectivity index (χ3n) is 4.94. The van der Waals surface area contributed by atoms with Crippen LogP contribution in [0.2, 0.25) is 0 Å². The molecule has 150 valence electrons. The normalized spacial score (nSPS) is 13.6. The summed E-state index contributed by atoms with van der Waals surface area (Å²) in [6.45, 7) is 5.20. The maximum Gasteiger partial charge on any atom is 0.264 e. The van der Waals surface area contributed by atoms with Gasteiger partial charge < -0.3 is 4.74 Å². The van der Waals surface area contributed by atoms with E-state index in [-0.39, 0.29) is 4.90 Å². The summed E-state index contributed by atoms with van der Waals surface area (Å²) in [6, 6.07) is 16.5. The molecule has 0 fully saturated rings. The van der Waals surface area contributed by atoms with Crippen LogP contribution in [0.5, 0.6) is 5.75 Å². The van der Waals surface area contributed by atoms with E-state index in [4.69, 9.17) is 4.74 Å². The molecule has 6 heteroatoms. The zero-order valence-corrected chi connectivity index (χ0v) is 17.4. The number of aromatic nitrogens is 1. The van der Waals surface area contributed by atoms with Gasteiger partial charge in [-0.3, -0.25) is 9.29 Å². The molecule has 0 aliphatic carbocycles. The van der Waals surface area contributed by atoms with Crippen LogP contribution in [0.25, 0.3) is 11.1 Å². The van der Waals surface area contributed by atoms with Crippen molar-refractivity contribution in [3.63, 3.8) is 0 Å². The van der Waals surface area contributed by atoms with Crippen LogP contribution in [-0.2, 0) is 16.4 Å². The molecule has 0 atom stereocenters. The molecule has 0 unspecified atom stereocenters. The van der Waals surface area contributed by atoms with Crippen LogP contribution >= 0.6 is 0 Å². The van der Waals surface area contributed by atoms with E-state index in [0.29, 0.717) is 31.2 Å². The van der Waals surface area contributed by atoms with Crippen molar-refractivity contribution in [1.82, 2.24) is 4.98 Å². The highest BCUT2D eigenvalue weighted by atomic mass is 32.2. The van der Waals surface area contributed by atoms with Crippen molar-refractivity contribution in [2.45, 2.75) is 25.2 Å². The molecule has 0 saturated heterocycles. The van der Waals surface area contributed by atoms with Gasteiger partial charge in [0.15, 0.2) is 0 Å². The molecule has 3 aromatic rings. The summed E-state index contributed by atoms with van der Waals surface area (Å²) in [6.07, 6.45) is 4.21. The minimum atomic E-state index is -3.61. The molecule has 2 heterocycles. The number of pyridine rings is 1. The van der Waals surface area contributed by atoms with Gasteiger partial charge in [0.2, 0.25) is 0 Å². The van der Waals surface area contributed by atoms with Crippen LogP contribution in [0.4, 0.5) is 5.69 Å². The van der Waals surface area contributed by atoms with Crippen molar-refractivity contribution < 1.29 is 13.2 Å². The molecule has 1 aliphatic heterocycles. The van der Waals surface area contributed by atoms with Gasteiger partial charge in [-0.15, -0.1) is 0 Å². The smallest absolute Gasteiger partial charge is 0.264 e. The zero-order valence-electron chi connectivity index (χ0n) is 16.6. The third-order valence-corrected chi connectivity index (χ3v) is 6.77. The van der Waals surface area contributed by atoms with Crippen LogP contribution in [0.3, 0.4) is 0 Å². The van der Waals surface area contributed by atoms with Gasteiger partial charge >= 0.3 is 0 Å². The molecular formula is C23H24N2O3S. The van der Waals surface area contributed by atoms with E-state index in [2.05, 4.69) is 24.9 Å². The SMILES string of the molecule is CC(C)COc1ccc(S(=O)(=O)N2CCc3cc(-c4ccncc4)ccc32)cc1. The number of sulfonamides is 1. The fraction of sp³-hybridized carbons (Fsp3) is 0.261. The maximum atomic E-state index is 13.2. The molecule has 1 aliphatic rings. The average molecular weight is 409 g/mol. The summed E-state index contributed by atoms with van der Waals surface area (Å²) in [7, 11) is -3.61. The summed E-state index contributed by atoms with van der Waals surface area (Å²) in [5.74, 6) is 1.10. The van der Waals surface area contributed by atoms with E-state index < -0.39 is 10.0 Å². The van der Waals surface area contributed by atoms with Crippen LogP contribution in [0.1, 0.15) is 19.4 Å². The maximum absolute atomic E-state index is 13.2. The van der Waals surface area contributed by atoms with Gasteiger partial charge in [0.05, 0.1) is 17.2 Å². The van der Waals surface area contributed by atoms with Crippen molar-refractivity contribution in [3.8, 4) is 16.9 Å². The lowest BCUT2D eigenvalue weighted by Crippen LogP contribution is -2.29. The standard InChI is InChI=1S/C23H24N2O3S/c1-17(2)16-28-21-4-6-22(7-5-21)29(26,27)25-14-11-20-15-19(3-8-23(20)25)18-9-12-24-13-10-18/h3-10,12-13,15,17H,11,14,16H2,1-2H3. The summed E-state index contributed by atoms with van der Waals surface area (Å²) in [4.78, 5) is 4.33. The molecule has 5 nitrogen and oxygen atoms in total. The molecule has 1 aromatic heterocycles. The fourth-order valence-electron chi connectivity index (χ4n) is 3.44. The number of benzene rings is 2. The zero-order chi connectivity index (χ0) is 20.4. The largest absolute Gasteiger partial charge is 0.493 e. The van der Waals surface area contributed by atoms with E-state index >= 15 is 0 Å². The number of hydrogen-bond donors (Lipinski definition) is 0. The number of fused-ring (bicyclic) bond motifs is 1. The number of ether oxygens (including phenoxy) is 1. The first kappa shape index (κ1) is 19.5. The van der Waals surface area contributed by atoms with Crippen molar-refractivity contribution >= 4 is 15.7 Å². The number of hydrogen-bond acceptors (Lipinski definition) is 4. The number of nitrogens with zero attached hydrogens (tertiary/aromatic N) is 2. The van der Waals surface area contributed by atoms with Crippen molar-refractivity contribution in [2.75, 3.05) is 17.5 Å². The summed E-state index contributed by atoms with van der Waals surface area (Å²) in [5.41, 5.74) is 3.93. The second-order valence-electron chi connectivity index (χ2n) is 7.58. The summed E-state index contributed by atoms with van der Waals surface area (Å²) < 4.78 is 33.6. The van der Waals surface area contributed by atoms with E-state index in [9.17, 15) is 8.42 Å². The van der Waals surface area contributed by atoms with Crippen molar-refractivity contribution in [2.24, 2.45) is 5.92 Å². The highest BCUT2D eigenvalue weighted by molar-refractivity contribution is 7.92. The molecule has 0 radical (unpaired) electrons. The van der Waals surface area contributed by atoms with Crippen LogP contribution in [-0.4, -0.2) is 26.6 Å². The van der Waals surface area contributed by atoms with Gasteiger partial charge in [0.25, 0.3) is 10.0 Å². The van der Waals surface area contributed by atoms with Gasteiger partial charge in [-0.1, -0.05) is 19.9 Å². The molecule has 0 spiro atoms. The van der Waals surface area contributed by atoms with Gasteiger partial charge in [-0.25, -0.2) is 8.42 Å². The topological polar surface area (TPSA) is 59.5 Å². The Morgan fingerprint density at radius 3 is 2.41 bits per heavy atom.